The fraction of sp³-hybridized carbons (Fsp3) is 0.267. The average Bonchev–Trinajstić information content (AvgIpc) is 3.08. The minimum absolute atomic E-state index is 0.122. The zero-order chi connectivity index (χ0) is 18.1. The number of pyridine rings is 1. The summed E-state index contributed by atoms with van der Waals surface area (Å²) in [6.45, 7) is -0.893. The smallest absolute Gasteiger partial charge is 0.323 e. The molecule has 6 nitrogen and oxygen atoms in total. The molecule has 3 rings (SSSR count). The SMILES string of the molecule is OC(CN1CN=NN1)(c1ccc(F)cc1F)C(F)(F)c1ccccn1. The highest BCUT2D eigenvalue weighted by Crippen LogP contribution is 2.46. The van der Waals surface area contributed by atoms with E-state index in [0.717, 1.165) is 29.4 Å². The van der Waals surface area contributed by atoms with Crippen LogP contribution in [-0.2, 0) is 11.5 Å². The summed E-state index contributed by atoms with van der Waals surface area (Å²) in [6, 6.07) is 5.77. The molecular formula is C15H13F4N5O. The summed E-state index contributed by atoms with van der Waals surface area (Å²) >= 11 is 0. The second-order valence-corrected chi connectivity index (χ2v) is 5.45. The van der Waals surface area contributed by atoms with Gasteiger partial charge in [-0.15, -0.1) is 0 Å². The molecule has 2 aromatic rings. The van der Waals surface area contributed by atoms with Crippen molar-refractivity contribution in [2.24, 2.45) is 10.3 Å². The Morgan fingerprint density at radius 2 is 2.00 bits per heavy atom. The van der Waals surface area contributed by atoms with Gasteiger partial charge >= 0.3 is 5.92 Å². The third-order valence-electron chi connectivity index (χ3n) is 3.79. The lowest BCUT2D eigenvalue weighted by Crippen LogP contribution is -2.53. The van der Waals surface area contributed by atoms with Gasteiger partial charge in [0.2, 0.25) is 0 Å². The van der Waals surface area contributed by atoms with Gasteiger partial charge in [-0.3, -0.25) is 4.98 Å². The first-order valence-electron chi connectivity index (χ1n) is 7.19. The third-order valence-corrected chi connectivity index (χ3v) is 3.79. The lowest BCUT2D eigenvalue weighted by molar-refractivity contribution is -0.210. The highest BCUT2D eigenvalue weighted by Gasteiger charge is 2.58. The van der Waals surface area contributed by atoms with Crippen LogP contribution in [0.15, 0.2) is 52.9 Å². The van der Waals surface area contributed by atoms with Crippen LogP contribution in [0.3, 0.4) is 0 Å². The number of halogens is 4. The van der Waals surface area contributed by atoms with Gasteiger partial charge < -0.3 is 5.11 Å². The molecule has 0 aliphatic carbocycles. The number of nitrogens with one attached hydrogen (secondary N) is 1. The molecule has 1 aromatic heterocycles. The molecule has 0 saturated carbocycles. The van der Waals surface area contributed by atoms with E-state index in [1.807, 2.05) is 0 Å². The van der Waals surface area contributed by atoms with Gasteiger partial charge in [0, 0.05) is 17.8 Å². The molecule has 0 spiro atoms. The second-order valence-electron chi connectivity index (χ2n) is 5.45. The number of alkyl halides is 2. The van der Waals surface area contributed by atoms with Gasteiger partial charge in [0.05, 0.1) is 6.54 Å². The molecule has 10 heteroatoms. The Hall–Kier alpha value is -2.59. The normalized spacial score (nSPS) is 17.3. The minimum Gasteiger partial charge on any atom is -0.377 e. The van der Waals surface area contributed by atoms with Crippen molar-refractivity contribution in [3.8, 4) is 0 Å². The first-order valence-corrected chi connectivity index (χ1v) is 7.19. The molecule has 1 aromatic carbocycles. The van der Waals surface area contributed by atoms with E-state index in [2.05, 4.69) is 20.9 Å². The summed E-state index contributed by atoms with van der Waals surface area (Å²) in [5, 5.41) is 18.9. The molecule has 0 amide bonds. The molecule has 25 heavy (non-hydrogen) atoms. The molecule has 0 radical (unpaired) electrons. The number of aliphatic hydroxyl groups is 1. The summed E-state index contributed by atoms with van der Waals surface area (Å²) < 4.78 is 57.7. The average molecular weight is 355 g/mol. The van der Waals surface area contributed by atoms with E-state index in [-0.39, 0.29) is 6.67 Å². The van der Waals surface area contributed by atoms with Crippen LogP contribution in [-0.4, -0.2) is 28.3 Å². The molecule has 1 atom stereocenters. The number of hydrogen-bond donors (Lipinski definition) is 2. The maximum Gasteiger partial charge on any atom is 0.323 e. The van der Waals surface area contributed by atoms with Gasteiger partial charge in [0.1, 0.15) is 24.0 Å². The van der Waals surface area contributed by atoms with Crippen LogP contribution in [0.25, 0.3) is 0 Å². The van der Waals surface area contributed by atoms with Crippen LogP contribution < -0.4 is 5.53 Å². The highest BCUT2D eigenvalue weighted by molar-refractivity contribution is 5.31. The molecular weight excluding hydrogens is 342 g/mol. The number of hydrogen-bond acceptors (Lipinski definition) is 6. The van der Waals surface area contributed by atoms with Gasteiger partial charge in [0.15, 0.2) is 5.60 Å². The van der Waals surface area contributed by atoms with Crippen molar-refractivity contribution in [1.29, 1.82) is 0 Å². The van der Waals surface area contributed by atoms with E-state index >= 15 is 8.78 Å². The minimum atomic E-state index is -3.99. The summed E-state index contributed by atoms with van der Waals surface area (Å²) in [5.74, 6) is -6.24. The lowest BCUT2D eigenvalue weighted by atomic mass is 9.84. The predicted octanol–water partition coefficient (Wildman–Crippen LogP) is 2.48. The molecule has 0 saturated heterocycles. The van der Waals surface area contributed by atoms with Crippen molar-refractivity contribution < 1.29 is 22.7 Å². The zero-order valence-electron chi connectivity index (χ0n) is 12.7. The Bertz CT molecular complexity index is 781. The highest BCUT2D eigenvalue weighted by atomic mass is 19.3. The van der Waals surface area contributed by atoms with Crippen LogP contribution in [0.1, 0.15) is 11.3 Å². The zero-order valence-corrected chi connectivity index (χ0v) is 12.7. The molecule has 0 bridgehead atoms. The van der Waals surface area contributed by atoms with Gasteiger partial charge in [-0.1, -0.05) is 17.4 Å². The molecule has 132 valence electrons. The van der Waals surface area contributed by atoms with Crippen LogP contribution in [0, 0.1) is 11.6 Å². The maximum atomic E-state index is 15.1. The van der Waals surface area contributed by atoms with Crippen molar-refractivity contribution in [2.45, 2.75) is 11.5 Å². The number of aromatic nitrogens is 1. The van der Waals surface area contributed by atoms with E-state index in [1.165, 1.54) is 12.1 Å². The first kappa shape index (κ1) is 17.2. The third kappa shape index (κ3) is 3.05. The number of benzene rings is 1. The van der Waals surface area contributed by atoms with Crippen LogP contribution in [0.4, 0.5) is 17.6 Å². The second kappa shape index (κ2) is 6.37. The Balaban J connectivity index is 2.11. The van der Waals surface area contributed by atoms with Gasteiger partial charge in [0.25, 0.3) is 0 Å². The van der Waals surface area contributed by atoms with Gasteiger partial charge in [-0.05, 0) is 18.2 Å². The molecule has 2 N–H and O–H groups in total. The predicted molar refractivity (Wildman–Crippen MR) is 78.0 cm³/mol. The van der Waals surface area contributed by atoms with Crippen molar-refractivity contribution in [3.63, 3.8) is 0 Å². The van der Waals surface area contributed by atoms with Crippen molar-refractivity contribution in [2.75, 3.05) is 13.2 Å². The summed E-state index contributed by atoms with van der Waals surface area (Å²) in [4.78, 5) is 3.57. The number of rotatable bonds is 5. The Kier molecular flexibility index (Phi) is 4.39. The Morgan fingerprint density at radius 3 is 2.60 bits per heavy atom. The van der Waals surface area contributed by atoms with Crippen molar-refractivity contribution in [3.05, 3.63) is 65.5 Å². The Labute approximate surface area is 139 Å². The number of nitrogens with zero attached hydrogens (tertiary/aromatic N) is 4. The lowest BCUT2D eigenvalue weighted by Gasteiger charge is -2.37. The summed E-state index contributed by atoms with van der Waals surface area (Å²) in [7, 11) is 0. The number of hydrazine groups is 1. The maximum absolute atomic E-state index is 15.1. The van der Waals surface area contributed by atoms with Crippen LogP contribution in [0.2, 0.25) is 0 Å². The molecule has 1 aliphatic heterocycles. The van der Waals surface area contributed by atoms with E-state index in [4.69, 9.17) is 0 Å². The van der Waals surface area contributed by atoms with Crippen LogP contribution >= 0.6 is 0 Å². The monoisotopic (exact) mass is 355 g/mol. The molecule has 2 heterocycles. The van der Waals surface area contributed by atoms with E-state index < -0.39 is 41.0 Å². The van der Waals surface area contributed by atoms with E-state index in [9.17, 15) is 13.9 Å². The molecule has 1 aliphatic rings. The first-order chi connectivity index (χ1) is 11.8. The van der Waals surface area contributed by atoms with E-state index in [1.54, 1.807) is 0 Å². The fourth-order valence-electron chi connectivity index (χ4n) is 2.53. The van der Waals surface area contributed by atoms with Crippen molar-refractivity contribution >= 4 is 0 Å². The molecule has 0 fully saturated rings. The quantitative estimate of drug-likeness (QED) is 0.809. The van der Waals surface area contributed by atoms with Crippen LogP contribution in [0.5, 0.6) is 0 Å². The van der Waals surface area contributed by atoms with Gasteiger partial charge in [-0.25, -0.2) is 14.3 Å². The van der Waals surface area contributed by atoms with E-state index in [0.29, 0.717) is 6.07 Å². The fourth-order valence-corrected chi connectivity index (χ4v) is 2.53. The number of β-amino-alcohol motifs (C(OH)–C–C–N with tert-alkyl or cyclic N) is 1. The van der Waals surface area contributed by atoms with Gasteiger partial charge in [-0.2, -0.15) is 18.9 Å². The summed E-state index contributed by atoms with van der Waals surface area (Å²) in [6.07, 6.45) is 1.13. The molecule has 1 unspecified atom stereocenters. The largest absolute Gasteiger partial charge is 0.377 e. The summed E-state index contributed by atoms with van der Waals surface area (Å²) in [5.41, 5.74) is -2.26. The topological polar surface area (TPSA) is 73.1 Å². The standard InChI is InChI=1S/C15H13F4N5O/c16-10-4-5-11(12(17)7-10)14(25,8-24-9-21-22-23-24)15(18,19)13-3-1-2-6-20-13/h1-7,25H,8-9H2,(H,21,23). The van der Waals surface area contributed by atoms with Crippen molar-refractivity contribution in [1.82, 2.24) is 15.5 Å². The Morgan fingerprint density at radius 1 is 1.20 bits per heavy atom.